The molecule has 146 valence electrons. The molecule has 3 atom stereocenters. The van der Waals surface area contributed by atoms with Crippen molar-refractivity contribution in [3.63, 3.8) is 0 Å². The highest BCUT2D eigenvalue weighted by atomic mass is 16.2. The monoisotopic (exact) mass is 376 g/mol. The molecule has 28 heavy (non-hydrogen) atoms. The van der Waals surface area contributed by atoms with E-state index in [-0.39, 0.29) is 23.1 Å². The Hall–Kier alpha value is -2.28. The minimum absolute atomic E-state index is 0.00228. The molecule has 0 N–H and O–H groups in total. The van der Waals surface area contributed by atoms with Crippen LogP contribution >= 0.6 is 0 Å². The maximum Gasteiger partial charge on any atom is 0.240 e. The van der Waals surface area contributed by atoms with E-state index in [1.807, 2.05) is 23.1 Å². The highest BCUT2D eigenvalue weighted by Crippen LogP contribution is 2.51. The van der Waals surface area contributed by atoms with Crippen LogP contribution in [-0.2, 0) is 9.59 Å². The fourth-order valence-corrected chi connectivity index (χ4v) is 5.41. The summed E-state index contributed by atoms with van der Waals surface area (Å²) in [6.45, 7) is 5.21. The maximum atomic E-state index is 13.5. The van der Waals surface area contributed by atoms with Crippen LogP contribution in [0.5, 0.6) is 0 Å². The maximum absolute atomic E-state index is 13.5. The number of benzene rings is 1. The third-order valence-electron chi connectivity index (χ3n) is 7.52. The molecule has 1 unspecified atom stereocenters. The molecule has 0 bridgehead atoms. The normalized spacial score (nSPS) is 31.2. The minimum atomic E-state index is -0.519. The molecular formula is C24H28N2O2. The van der Waals surface area contributed by atoms with Crippen molar-refractivity contribution in [1.82, 2.24) is 9.80 Å². The third kappa shape index (κ3) is 2.75. The summed E-state index contributed by atoms with van der Waals surface area (Å²) in [5.41, 5.74) is 0.620. The molecule has 2 aliphatic carbocycles. The minimum Gasteiger partial charge on any atom is -0.341 e. The van der Waals surface area contributed by atoms with Crippen molar-refractivity contribution in [1.29, 1.82) is 0 Å². The van der Waals surface area contributed by atoms with Gasteiger partial charge in [-0.3, -0.25) is 9.59 Å². The first-order valence-electron chi connectivity index (χ1n) is 10.6. The summed E-state index contributed by atoms with van der Waals surface area (Å²) < 4.78 is 0. The average molecular weight is 377 g/mol. The Labute approximate surface area is 167 Å². The van der Waals surface area contributed by atoms with Crippen LogP contribution < -0.4 is 0 Å². The number of carbonyl (C=O) groups is 2. The van der Waals surface area contributed by atoms with Crippen LogP contribution in [0.15, 0.2) is 30.3 Å². The summed E-state index contributed by atoms with van der Waals surface area (Å²) >= 11 is 0. The molecule has 0 radical (unpaired) electrons. The number of carbonyl (C=O) groups excluding carboxylic acids is 2. The fraction of sp³-hybridized carbons (Fsp3) is 0.583. The van der Waals surface area contributed by atoms with Gasteiger partial charge in [-0.15, -0.1) is 6.42 Å². The quantitative estimate of drug-likeness (QED) is 0.758. The zero-order chi connectivity index (χ0) is 19.5. The lowest BCUT2D eigenvalue weighted by Crippen LogP contribution is -2.41. The molecule has 1 aromatic carbocycles. The topological polar surface area (TPSA) is 40.6 Å². The lowest BCUT2D eigenvalue weighted by molar-refractivity contribution is -0.135. The van der Waals surface area contributed by atoms with E-state index in [9.17, 15) is 9.59 Å². The lowest BCUT2D eigenvalue weighted by atomic mass is 9.83. The van der Waals surface area contributed by atoms with Crippen molar-refractivity contribution >= 4 is 11.8 Å². The van der Waals surface area contributed by atoms with Gasteiger partial charge in [-0.2, -0.15) is 0 Å². The second-order valence-electron chi connectivity index (χ2n) is 9.71. The van der Waals surface area contributed by atoms with Crippen LogP contribution in [0.3, 0.4) is 0 Å². The van der Waals surface area contributed by atoms with Crippen LogP contribution in [0.25, 0.3) is 0 Å². The SMILES string of the molecule is C#CC1(C(=O)N2C[C@@H]3CN(C(=O)C(c4ccccc4)C4CC4)C[C@]3(C)C2)CC1. The molecule has 2 saturated carbocycles. The number of nitrogens with zero attached hydrogens (tertiary/aromatic N) is 2. The van der Waals surface area contributed by atoms with Crippen molar-refractivity contribution in [2.45, 2.75) is 38.5 Å². The Morgan fingerprint density at radius 2 is 1.75 bits per heavy atom. The second kappa shape index (κ2) is 6.11. The van der Waals surface area contributed by atoms with Crippen molar-refractivity contribution in [3.05, 3.63) is 35.9 Å². The van der Waals surface area contributed by atoms with E-state index in [0.717, 1.165) is 57.4 Å². The zero-order valence-electron chi connectivity index (χ0n) is 16.6. The number of hydrogen-bond donors (Lipinski definition) is 0. The fourth-order valence-electron chi connectivity index (χ4n) is 5.41. The molecule has 0 aromatic heterocycles. The van der Waals surface area contributed by atoms with E-state index < -0.39 is 5.41 Å². The molecule has 2 aliphatic heterocycles. The van der Waals surface area contributed by atoms with Gasteiger partial charge in [0.25, 0.3) is 0 Å². The van der Waals surface area contributed by atoms with E-state index >= 15 is 0 Å². The van der Waals surface area contributed by atoms with E-state index in [1.54, 1.807) is 0 Å². The van der Waals surface area contributed by atoms with Gasteiger partial charge in [0.2, 0.25) is 11.8 Å². The van der Waals surface area contributed by atoms with Crippen molar-refractivity contribution in [3.8, 4) is 12.3 Å². The first kappa shape index (κ1) is 17.8. The van der Waals surface area contributed by atoms with E-state index in [1.165, 1.54) is 0 Å². The first-order chi connectivity index (χ1) is 13.5. The van der Waals surface area contributed by atoms with Crippen molar-refractivity contribution < 1.29 is 9.59 Å². The molecule has 1 aromatic rings. The van der Waals surface area contributed by atoms with Crippen LogP contribution in [0.2, 0.25) is 0 Å². The second-order valence-corrected chi connectivity index (χ2v) is 9.71. The molecule has 2 amide bonds. The average Bonchev–Trinajstić information content (AvgIpc) is 3.60. The van der Waals surface area contributed by atoms with Gasteiger partial charge in [-0.05, 0) is 37.2 Å². The van der Waals surface area contributed by atoms with E-state index in [0.29, 0.717) is 11.8 Å². The van der Waals surface area contributed by atoms with Gasteiger partial charge in [0.15, 0.2) is 0 Å². The number of fused-ring (bicyclic) bond motifs is 1. The molecule has 4 fully saturated rings. The Balaban J connectivity index is 1.30. The Kier molecular flexibility index (Phi) is 3.88. The molecular weight excluding hydrogens is 348 g/mol. The summed E-state index contributed by atoms with van der Waals surface area (Å²) in [4.78, 5) is 30.4. The van der Waals surface area contributed by atoms with Crippen LogP contribution in [0, 0.1) is 35.0 Å². The molecule has 2 heterocycles. The highest BCUT2D eigenvalue weighted by molar-refractivity contribution is 5.89. The molecule has 4 aliphatic rings. The zero-order valence-corrected chi connectivity index (χ0v) is 16.6. The molecule has 4 nitrogen and oxygen atoms in total. The Morgan fingerprint density at radius 1 is 1.11 bits per heavy atom. The molecule has 2 saturated heterocycles. The number of hydrogen-bond acceptors (Lipinski definition) is 2. The van der Waals surface area contributed by atoms with Gasteiger partial charge in [-0.1, -0.05) is 43.2 Å². The van der Waals surface area contributed by atoms with E-state index in [2.05, 4.69) is 29.9 Å². The summed E-state index contributed by atoms with van der Waals surface area (Å²) in [5.74, 6) is 4.00. The van der Waals surface area contributed by atoms with Gasteiger partial charge < -0.3 is 9.80 Å². The first-order valence-corrected chi connectivity index (χ1v) is 10.6. The smallest absolute Gasteiger partial charge is 0.240 e. The van der Waals surface area contributed by atoms with Crippen LogP contribution in [0.1, 0.15) is 44.1 Å². The van der Waals surface area contributed by atoms with Crippen LogP contribution in [0.4, 0.5) is 0 Å². The summed E-state index contributed by atoms with van der Waals surface area (Å²) in [5, 5.41) is 0. The Morgan fingerprint density at radius 3 is 2.32 bits per heavy atom. The summed E-state index contributed by atoms with van der Waals surface area (Å²) in [7, 11) is 0. The van der Waals surface area contributed by atoms with Gasteiger partial charge >= 0.3 is 0 Å². The predicted molar refractivity (Wildman–Crippen MR) is 107 cm³/mol. The molecule has 0 spiro atoms. The Bertz CT molecular complexity index is 849. The standard InChI is InChI=1S/C24H28N2O2/c1-3-24(11-12-24)22(28)26-14-19-13-25(15-23(19,2)16-26)21(27)20(18-9-10-18)17-7-5-4-6-8-17/h1,4-8,18-20H,9-16H2,2H3/t19-,20?,23+/m0/s1. The molecule has 5 rings (SSSR count). The largest absolute Gasteiger partial charge is 0.341 e. The van der Waals surface area contributed by atoms with Crippen LogP contribution in [-0.4, -0.2) is 47.8 Å². The van der Waals surface area contributed by atoms with Gasteiger partial charge in [0, 0.05) is 37.5 Å². The molecule has 4 heteroatoms. The number of amides is 2. The van der Waals surface area contributed by atoms with Gasteiger partial charge in [0.1, 0.15) is 5.41 Å². The predicted octanol–water partition coefficient (Wildman–Crippen LogP) is 2.90. The van der Waals surface area contributed by atoms with Crippen molar-refractivity contribution in [2.75, 3.05) is 26.2 Å². The van der Waals surface area contributed by atoms with E-state index in [4.69, 9.17) is 6.42 Å². The summed E-state index contributed by atoms with van der Waals surface area (Å²) in [6.07, 6.45) is 9.57. The van der Waals surface area contributed by atoms with Gasteiger partial charge in [-0.25, -0.2) is 0 Å². The summed E-state index contributed by atoms with van der Waals surface area (Å²) in [6, 6.07) is 10.2. The highest BCUT2D eigenvalue weighted by Gasteiger charge is 2.57. The number of likely N-dealkylation sites (tertiary alicyclic amines) is 2. The third-order valence-corrected chi connectivity index (χ3v) is 7.52. The number of rotatable bonds is 4. The van der Waals surface area contributed by atoms with Gasteiger partial charge in [0.05, 0.1) is 5.92 Å². The number of terminal acetylenes is 1. The van der Waals surface area contributed by atoms with Crippen molar-refractivity contribution in [2.24, 2.45) is 22.7 Å². The lowest BCUT2D eigenvalue weighted by Gasteiger charge is -2.29.